The second-order valence-electron chi connectivity index (χ2n) is 8.21. The highest BCUT2D eigenvalue weighted by molar-refractivity contribution is 5.74. The van der Waals surface area contributed by atoms with E-state index < -0.39 is 0 Å². The first-order valence-corrected chi connectivity index (χ1v) is 10.2. The lowest BCUT2D eigenvalue weighted by molar-refractivity contribution is 0.236. The van der Waals surface area contributed by atoms with Crippen LogP contribution < -0.4 is 24.8 Å². The quantitative estimate of drug-likeness (QED) is 0.577. The number of carbonyl (C=O) groups excluding carboxylic acids is 1. The van der Waals surface area contributed by atoms with Crippen LogP contribution in [-0.2, 0) is 5.41 Å². The summed E-state index contributed by atoms with van der Waals surface area (Å²) in [5.74, 6) is 2.14. The molecule has 0 fully saturated rings. The van der Waals surface area contributed by atoms with Gasteiger partial charge in [-0.15, -0.1) is 0 Å². The van der Waals surface area contributed by atoms with Crippen LogP contribution in [0.4, 0.5) is 4.79 Å². The van der Waals surface area contributed by atoms with E-state index in [1.807, 2.05) is 37.3 Å². The Morgan fingerprint density at radius 2 is 1.67 bits per heavy atom. The summed E-state index contributed by atoms with van der Waals surface area (Å²) in [5.41, 5.74) is 2.34. The Morgan fingerprint density at radius 1 is 1.00 bits per heavy atom. The standard InChI is InChI=1S/C24H34N2O4/c1-17(18-8-13-21(28-5)22(16-18)29-6)26-23(27)25-14-7-15-30-20-11-9-19(10-12-20)24(2,3)4/h8-13,16-17H,7,14-15H2,1-6H3,(H2,25,26,27). The first-order valence-electron chi connectivity index (χ1n) is 10.2. The van der Waals surface area contributed by atoms with Gasteiger partial charge in [-0.1, -0.05) is 39.0 Å². The zero-order chi connectivity index (χ0) is 22.1. The fourth-order valence-corrected chi connectivity index (χ4v) is 2.97. The van der Waals surface area contributed by atoms with E-state index in [2.05, 4.69) is 43.5 Å². The third kappa shape index (κ3) is 6.87. The molecule has 0 saturated heterocycles. The van der Waals surface area contributed by atoms with Gasteiger partial charge in [-0.3, -0.25) is 0 Å². The van der Waals surface area contributed by atoms with E-state index in [4.69, 9.17) is 14.2 Å². The zero-order valence-corrected chi connectivity index (χ0v) is 18.9. The predicted octanol–water partition coefficient (Wildman–Crippen LogP) is 4.83. The Bertz CT molecular complexity index is 813. The molecule has 0 spiro atoms. The van der Waals surface area contributed by atoms with E-state index in [1.165, 1.54) is 5.56 Å². The molecule has 0 saturated carbocycles. The van der Waals surface area contributed by atoms with Crippen LogP contribution in [0.15, 0.2) is 42.5 Å². The molecule has 6 heteroatoms. The van der Waals surface area contributed by atoms with Crippen molar-refractivity contribution in [2.24, 2.45) is 0 Å². The average Bonchev–Trinajstić information content (AvgIpc) is 2.72. The van der Waals surface area contributed by atoms with E-state index >= 15 is 0 Å². The van der Waals surface area contributed by atoms with E-state index in [-0.39, 0.29) is 17.5 Å². The number of nitrogens with one attached hydrogen (secondary N) is 2. The van der Waals surface area contributed by atoms with Gasteiger partial charge in [-0.05, 0) is 54.2 Å². The van der Waals surface area contributed by atoms with Crippen molar-refractivity contribution < 1.29 is 19.0 Å². The van der Waals surface area contributed by atoms with Gasteiger partial charge in [-0.25, -0.2) is 4.79 Å². The molecule has 1 unspecified atom stereocenters. The summed E-state index contributed by atoms with van der Waals surface area (Å²) in [6.45, 7) is 9.55. The highest BCUT2D eigenvalue weighted by atomic mass is 16.5. The fraction of sp³-hybridized carbons (Fsp3) is 0.458. The predicted molar refractivity (Wildman–Crippen MR) is 120 cm³/mol. The number of methoxy groups -OCH3 is 2. The van der Waals surface area contributed by atoms with E-state index in [9.17, 15) is 4.79 Å². The van der Waals surface area contributed by atoms with Crippen LogP contribution in [0.1, 0.15) is 51.3 Å². The molecule has 0 aliphatic heterocycles. The number of carbonyl (C=O) groups is 1. The van der Waals surface area contributed by atoms with Crippen molar-refractivity contribution in [3.63, 3.8) is 0 Å². The first kappa shape index (κ1) is 23.4. The van der Waals surface area contributed by atoms with Crippen LogP contribution in [0.25, 0.3) is 0 Å². The Morgan fingerprint density at radius 3 is 2.27 bits per heavy atom. The van der Waals surface area contributed by atoms with Crippen LogP contribution >= 0.6 is 0 Å². The molecule has 30 heavy (non-hydrogen) atoms. The van der Waals surface area contributed by atoms with Gasteiger partial charge >= 0.3 is 6.03 Å². The number of hydrogen-bond donors (Lipinski definition) is 2. The Balaban J connectivity index is 1.71. The molecule has 0 aromatic heterocycles. The molecule has 0 aliphatic rings. The molecule has 1 atom stereocenters. The van der Waals surface area contributed by atoms with Crippen LogP contribution in [0, 0.1) is 0 Å². The SMILES string of the molecule is COc1ccc(C(C)NC(=O)NCCCOc2ccc(C(C)(C)C)cc2)cc1OC. The van der Waals surface area contributed by atoms with Crippen molar-refractivity contribution in [3.8, 4) is 17.2 Å². The molecule has 0 radical (unpaired) electrons. The summed E-state index contributed by atoms with van der Waals surface area (Å²) in [4.78, 5) is 12.1. The summed E-state index contributed by atoms with van der Waals surface area (Å²) < 4.78 is 16.3. The minimum absolute atomic E-state index is 0.129. The zero-order valence-electron chi connectivity index (χ0n) is 18.9. The monoisotopic (exact) mass is 414 g/mol. The Kier molecular flexibility index (Phi) is 8.39. The Hall–Kier alpha value is -2.89. The molecular formula is C24H34N2O4. The first-order chi connectivity index (χ1) is 14.2. The van der Waals surface area contributed by atoms with Gasteiger partial charge in [0.1, 0.15) is 5.75 Å². The molecule has 6 nitrogen and oxygen atoms in total. The number of urea groups is 1. The molecule has 2 aromatic carbocycles. The number of hydrogen-bond acceptors (Lipinski definition) is 4. The van der Waals surface area contributed by atoms with Crippen LogP contribution in [0.3, 0.4) is 0 Å². The minimum Gasteiger partial charge on any atom is -0.494 e. The van der Waals surface area contributed by atoms with Crippen molar-refractivity contribution >= 4 is 6.03 Å². The van der Waals surface area contributed by atoms with Crippen molar-refractivity contribution in [2.75, 3.05) is 27.4 Å². The van der Waals surface area contributed by atoms with Crippen molar-refractivity contribution in [3.05, 3.63) is 53.6 Å². The second-order valence-corrected chi connectivity index (χ2v) is 8.21. The van der Waals surface area contributed by atoms with Crippen LogP contribution in [0.2, 0.25) is 0 Å². The molecule has 2 N–H and O–H groups in total. The van der Waals surface area contributed by atoms with Gasteiger partial charge in [-0.2, -0.15) is 0 Å². The summed E-state index contributed by atoms with van der Waals surface area (Å²) in [5, 5.41) is 5.79. The van der Waals surface area contributed by atoms with E-state index in [0.29, 0.717) is 24.7 Å². The fourth-order valence-electron chi connectivity index (χ4n) is 2.97. The van der Waals surface area contributed by atoms with Crippen LogP contribution in [0.5, 0.6) is 17.2 Å². The smallest absolute Gasteiger partial charge is 0.315 e. The molecule has 2 amide bonds. The minimum atomic E-state index is -0.216. The lowest BCUT2D eigenvalue weighted by Crippen LogP contribution is -2.37. The third-order valence-corrected chi connectivity index (χ3v) is 4.85. The third-order valence-electron chi connectivity index (χ3n) is 4.85. The van der Waals surface area contributed by atoms with Gasteiger partial charge in [0.2, 0.25) is 0 Å². The van der Waals surface area contributed by atoms with Gasteiger partial charge < -0.3 is 24.8 Å². The highest BCUT2D eigenvalue weighted by Crippen LogP contribution is 2.29. The van der Waals surface area contributed by atoms with Crippen molar-refractivity contribution in [2.45, 2.75) is 45.6 Å². The molecule has 2 aromatic rings. The average molecular weight is 415 g/mol. The highest BCUT2D eigenvalue weighted by Gasteiger charge is 2.14. The second kappa shape index (κ2) is 10.8. The van der Waals surface area contributed by atoms with E-state index in [1.54, 1.807) is 14.2 Å². The number of ether oxygens (including phenoxy) is 3. The van der Waals surface area contributed by atoms with Crippen molar-refractivity contribution in [1.29, 1.82) is 0 Å². The molecule has 0 bridgehead atoms. The van der Waals surface area contributed by atoms with E-state index in [0.717, 1.165) is 17.7 Å². The number of benzene rings is 2. The van der Waals surface area contributed by atoms with Gasteiger partial charge in [0.25, 0.3) is 0 Å². The lowest BCUT2D eigenvalue weighted by Gasteiger charge is -2.19. The summed E-state index contributed by atoms with van der Waals surface area (Å²) in [7, 11) is 3.19. The normalized spacial score (nSPS) is 12.1. The maximum atomic E-state index is 12.1. The summed E-state index contributed by atoms with van der Waals surface area (Å²) in [6, 6.07) is 13.4. The molecular weight excluding hydrogens is 380 g/mol. The Labute approximate surface area is 179 Å². The largest absolute Gasteiger partial charge is 0.494 e. The topological polar surface area (TPSA) is 68.8 Å². The number of amides is 2. The maximum Gasteiger partial charge on any atom is 0.315 e. The summed E-state index contributed by atoms with van der Waals surface area (Å²) >= 11 is 0. The van der Waals surface area contributed by atoms with Gasteiger partial charge in [0.05, 0.1) is 26.9 Å². The lowest BCUT2D eigenvalue weighted by atomic mass is 9.87. The molecule has 0 heterocycles. The molecule has 164 valence electrons. The molecule has 2 rings (SSSR count). The van der Waals surface area contributed by atoms with Gasteiger partial charge in [0.15, 0.2) is 11.5 Å². The van der Waals surface area contributed by atoms with Gasteiger partial charge in [0, 0.05) is 6.54 Å². The number of rotatable bonds is 9. The summed E-state index contributed by atoms with van der Waals surface area (Å²) in [6.07, 6.45) is 0.721. The van der Waals surface area contributed by atoms with Crippen molar-refractivity contribution in [1.82, 2.24) is 10.6 Å². The molecule has 0 aliphatic carbocycles. The maximum absolute atomic E-state index is 12.1. The van der Waals surface area contributed by atoms with Crippen LogP contribution in [-0.4, -0.2) is 33.4 Å².